The summed E-state index contributed by atoms with van der Waals surface area (Å²) in [4.78, 5) is 12.3. The fraction of sp³-hybridized carbons (Fsp3) is 0.552. The fourth-order valence-corrected chi connectivity index (χ4v) is 4.93. The first-order valence-corrected chi connectivity index (χ1v) is 12.2. The number of Topliss-reactive ketones (excluding diaryl/α,β-unsaturated/α-hetero) is 1. The van der Waals surface area contributed by atoms with E-state index in [0.717, 1.165) is 18.6 Å². The highest BCUT2D eigenvalue weighted by Gasteiger charge is 2.29. The Bertz CT molecular complexity index is 837. The second-order valence-electron chi connectivity index (χ2n) is 10.2. The molecule has 0 saturated heterocycles. The molecule has 0 N–H and O–H groups in total. The maximum Gasteiger partial charge on any atom is 0.133 e. The third kappa shape index (κ3) is 6.69. The molecular formula is C29H40O2. The molecule has 0 heterocycles. The standard InChI is InChI=1S/C29H40O2/c1-5-6-7-11-16-29(3,4)25-14-15-27(24-17-22(2)18-26(30)19-24)28(20-25)31-21-23-12-9-8-10-13-23/h8-10,12-15,20,22,24H,5-7,11,16-19,21H2,1-4H3/t22-,24+/m1/s1. The quantitative estimate of drug-likeness (QED) is 0.364. The van der Waals surface area contributed by atoms with Crippen LogP contribution in [0.3, 0.4) is 0 Å². The summed E-state index contributed by atoms with van der Waals surface area (Å²) in [6.07, 6.45) is 8.76. The second-order valence-corrected chi connectivity index (χ2v) is 10.2. The van der Waals surface area contributed by atoms with Crippen LogP contribution in [-0.2, 0) is 16.8 Å². The summed E-state index contributed by atoms with van der Waals surface area (Å²) in [7, 11) is 0. The van der Waals surface area contributed by atoms with E-state index in [2.05, 4.69) is 70.2 Å². The average Bonchev–Trinajstić information content (AvgIpc) is 2.75. The molecule has 2 aromatic rings. The zero-order valence-electron chi connectivity index (χ0n) is 20.0. The second kappa shape index (κ2) is 11.0. The van der Waals surface area contributed by atoms with Crippen molar-refractivity contribution in [2.45, 2.75) is 97.0 Å². The first-order chi connectivity index (χ1) is 14.9. The molecular weight excluding hydrogens is 380 g/mol. The van der Waals surface area contributed by atoms with E-state index in [9.17, 15) is 4.79 Å². The van der Waals surface area contributed by atoms with E-state index in [4.69, 9.17) is 4.74 Å². The van der Waals surface area contributed by atoms with Crippen molar-refractivity contribution in [2.24, 2.45) is 5.92 Å². The number of carbonyl (C=O) groups is 1. The van der Waals surface area contributed by atoms with Gasteiger partial charge in [-0.2, -0.15) is 0 Å². The highest BCUT2D eigenvalue weighted by molar-refractivity contribution is 5.80. The molecule has 2 nitrogen and oxygen atoms in total. The molecule has 31 heavy (non-hydrogen) atoms. The number of carbonyl (C=O) groups excluding carboxylic acids is 1. The fourth-order valence-electron chi connectivity index (χ4n) is 4.93. The summed E-state index contributed by atoms with van der Waals surface area (Å²) < 4.78 is 6.41. The van der Waals surface area contributed by atoms with Crippen molar-refractivity contribution in [1.82, 2.24) is 0 Å². The number of ketones is 1. The van der Waals surface area contributed by atoms with Gasteiger partial charge in [-0.15, -0.1) is 0 Å². The van der Waals surface area contributed by atoms with Crippen molar-refractivity contribution in [1.29, 1.82) is 0 Å². The molecule has 0 spiro atoms. The van der Waals surface area contributed by atoms with Gasteiger partial charge in [0.05, 0.1) is 0 Å². The predicted octanol–water partition coefficient (Wildman–Crippen LogP) is 7.99. The summed E-state index contributed by atoms with van der Waals surface area (Å²) in [5.74, 6) is 2.07. The van der Waals surface area contributed by atoms with E-state index >= 15 is 0 Å². The minimum Gasteiger partial charge on any atom is -0.489 e. The monoisotopic (exact) mass is 420 g/mol. The molecule has 0 aliphatic heterocycles. The van der Waals surface area contributed by atoms with Crippen molar-refractivity contribution in [3.05, 3.63) is 65.2 Å². The Balaban J connectivity index is 1.84. The van der Waals surface area contributed by atoms with E-state index < -0.39 is 0 Å². The SMILES string of the molecule is CCCCCCC(C)(C)c1ccc([C@@H]2CC(=O)C[C@H](C)C2)c(OCc2ccccc2)c1. The maximum absolute atomic E-state index is 12.3. The Morgan fingerprint density at radius 3 is 2.48 bits per heavy atom. The molecule has 0 aromatic heterocycles. The first kappa shape index (κ1) is 23.6. The smallest absolute Gasteiger partial charge is 0.133 e. The predicted molar refractivity (Wildman–Crippen MR) is 130 cm³/mol. The number of benzene rings is 2. The lowest BCUT2D eigenvalue weighted by Gasteiger charge is -2.30. The lowest BCUT2D eigenvalue weighted by Crippen LogP contribution is -2.21. The maximum atomic E-state index is 12.3. The summed E-state index contributed by atoms with van der Waals surface area (Å²) in [6, 6.07) is 17.1. The number of ether oxygens (including phenoxy) is 1. The summed E-state index contributed by atoms with van der Waals surface area (Å²) in [6.45, 7) is 9.71. The number of hydrogen-bond acceptors (Lipinski definition) is 2. The van der Waals surface area contributed by atoms with Crippen LogP contribution in [0.25, 0.3) is 0 Å². The van der Waals surface area contributed by atoms with Gasteiger partial charge in [-0.1, -0.05) is 95.8 Å². The number of unbranched alkanes of at least 4 members (excludes halogenated alkanes) is 3. The molecule has 168 valence electrons. The number of hydrogen-bond donors (Lipinski definition) is 0. The molecule has 0 radical (unpaired) electrons. The van der Waals surface area contributed by atoms with Crippen molar-refractivity contribution in [3.8, 4) is 5.75 Å². The zero-order chi connectivity index (χ0) is 22.3. The Morgan fingerprint density at radius 2 is 1.77 bits per heavy atom. The van der Waals surface area contributed by atoms with E-state index in [1.807, 2.05) is 6.07 Å². The lowest BCUT2D eigenvalue weighted by molar-refractivity contribution is -0.121. The van der Waals surface area contributed by atoms with Gasteiger partial charge in [-0.05, 0) is 52.8 Å². The molecule has 2 heteroatoms. The van der Waals surface area contributed by atoms with Gasteiger partial charge in [0.25, 0.3) is 0 Å². The largest absolute Gasteiger partial charge is 0.489 e. The zero-order valence-corrected chi connectivity index (χ0v) is 20.0. The lowest BCUT2D eigenvalue weighted by atomic mass is 9.75. The van der Waals surface area contributed by atoms with Crippen LogP contribution >= 0.6 is 0 Å². The van der Waals surface area contributed by atoms with Crippen LogP contribution in [0.1, 0.15) is 102 Å². The Hall–Kier alpha value is -2.09. The van der Waals surface area contributed by atoms with Crippen LogP contribution < -0.4 is 4.74 Å². The molecule has 2 atom stereocenters. The third-order valence-electron chi connectivity index (χ3n) is 6.86. The minimum absolute atomic E-state index is 0.118. The van der Waals surface area contributed by atoms with Gasteiger partial charge in [0.1, 0.15) is 18.1 Å². The van der Waals surface area contributed by atoms with Crippen LogP contribution in [0, 0.1) is 5.92 Å². The highest BCUT2D eigenvalue weighted by atomic mass is 16.5. The van der Waals surface area contributed by atoms with Crippen LogP contribution in [0.2, 0.25) is 0 Å². The normalized spacial score (nSPS) is 19.4. The van der Waals surface area contributed by atoms with Gasteiger partial charge in [0.2, 0.25) is 0 Å². The van der Waals surface area contributed by atoms with Gasteiger partial charge in [-0.3, -0.25) is 4.79 Å². The van der Waals surface area contributed by atoms with Gasteiger partial charge < -0.3 is 4.74 Å². The molecule has 0 bridgehead atoms. The van der Waals surface area contributed by atoms with Gasteiger partial charge in [0, 0.05) is 12.8 Å². The first-order valence-electron chi connectivity index (χ1n) is 12.2. The van der Waals surface area contributed by atoms with Crippen molar-refractivity contribution in [3.63, 3.8) is 0 Å². The average molecular weight is 421 g/mol. The Morgan fingerprint density at radius 1 is 1.00 bits per heavy atom. The molecule has 1 fully saturated rings. The van der Waals surface area contributed by atoms with Gasteiger partial charge >= 0.3 is 0 Å². The van der Waals surface area contributed by atoms with E-state index in [1.165, 1.54) is 48.8 Å². The molecule has 1 aliphatic carbocycles. The third-order valence-corrected chi connectivity index (χ3v) is 6.86. The summed E-state index contributed by atoms with van der Waals surface area (Å²) >= 11 is 0. The van der Waals surface area contributed by atoms with E-state index in [1.54, 1.807) is 0 Å². The molecule has 3 rings (SSSR count). The Kier molecular flexibility index (Phi) is 8.35. The van der Waals surface area contributed by atoms with Crippen LogP contribution in [0.5, 0.6) is 5.75 Å². The van der Waals surface area contributed by atoms with Gasteiger partial charge in [0.15, 0.2) is 0 Å². The molecule has 0 unspecified atom stereocenters. The van der Waals surface area contributed by atoms with Crippen molar-refractivity contribution >= 4 is 5.78 Å². The summed E-state index contributed by atoms with van der Waals surface area (Å²) in [5, 5.41) is 0. The highest BCUT2D eigenvalue weighted by Crippen LogP contribution is 2.41. The summed E-state index contributed by atoms with van der Waals surface area (Å²) in [5.41, 5.74) is 3.84. The topological polar surface area (TPSA) is 26.3 Å². The van der Waals surface area contributed by atoms with E-state index in [-0.39, 0.29) is 11.3 Å². The minimum atomic E-state index is 0.118. The van der Waals surface area contributed by atoms with Gasteiger partial charge in [-0.25, -0.2) is 0 Å². The van der Waals surface area contributed by atoms with Crippen LogP contribution in [-0.4, -0.2) is 5.78 Å². The molecule has 1 aliphatic rings. The van der Waals surface area contributed by atoms with E-state index in [0.29, 0.717) is 24.7 Å². The van der Waals surface area contributed by atoms with Crippen molar-refractivity contribution in [2.75, 3.05) is 0 Å². The van der Waals surface area contributed by atoms with Crippen LogP contribution in [0.4, 0.5) is 0 Å². The Labute approximate surface area is 189 Å². The number of rotatable bonds is 10. The van der Waals surface area contributed by atoms with Crippen LogP contribution in [0.15, 0.2) is 48.5 Å². The van der Waals surface area contributed by atoms with Crippen molar-refractivity contribution < 1.29 is 9.53 Å². The molecule has 1 saturated carbocycles. The molecule has 2 aromatic carbocycles. The molecule has 0 amide bonds.